The van der Waals surface area contributed by atoms with Crippen molar-refractivity contribution in [1.82, 2.24) is 9.97 Å². The minimum absolute atomic E-state index is 0.248. The highest BCUT2D eigenvalue weighted by atomic mass is 15.0. The van der Waals surface area contributed by atoms with Crippen LogP contribution in [0.4, 0.5) is 0 Å². The van der Waals surface area contributed by atoms with Gasteiger partial charge in [0.1, 0.15) is 5.82 Å². The summed E-state index contributed by atoms with van der Waals surface area (Å²) in [4.78, 5) is 7.54. The number of nitrogens with one attached hydrogen (secondary N) is 1. The summed E-state index contributed by atoms with van der Waals surface area (Å²) >= 11 is 0. The molecule has 84 valence electrons. The minimum Gasteiger partial charge on any atom is -0.347 e. The first-order chi connectivity index (χ1) is 6.94. The largest absolute Gasteiger partial charge is 0.347 e. The molecule has 1 aliphatic rings. The number of aromatic nitrogens is 2. The van der Waals surface area contributed by atoms with Crippen LogP contribution in [0, 0.1) is 11.3 Å². The van der Waals surface area contributed by atoms with Gasteiger partial charge in [0.05, 0.1) is 5.54 Å². The van der Waals surface area contributed by atoms with Gasteiger partial charge >= 0.3 is 0 Å². The van der Waals surface area contributed by atoms with Crippen LogP contribution in [0.25, 0.3) is 0 Å². The Balaban J connectivity index is 2.35. The van der Waals surface area contributed by atoms with Gasteiger partial charge in [-0.05, 0) is 24.2 Å². The van der Waals surface area contributed by atoms with E-state index in [2.05, 4.69) is 30.7 Å². The Morgan fingerprint density at radius 3 is 2.80 bits per heavy atom. The van der Waals surface area contributed by atoms with E-state index in [4.69, 9.17) is 5.73 Å². The Morgan fingerprint density at radius 1 is 1.53 bits per heavy atom. The van der Waals surface area contributed by atoms with Gasteiger partial charge in [-0.25, -0.2) is 4.98 Å². The highest BCUT2D eigenvalue weighted by molar-refractivity contribution is 5.13. The average Bonchev–Trinajstić information content (AvgIpc) is 2.69. The Labute approximate surface area is 91.5 Å². The van der Waals surface area contributed by atoms with Gasteiger partial charge in [-0.1, -0.05) is 27.2 Å². The number of nitrogens with two attached hydrogens (primary N) is 1. The lowest BCUT2D eigenvalue weighted by Gasteiger charge is -2.38. The number of rotatable bonds is 1. The molecule has 15 heavy (non-hydrogen) atoms. The fourth-order valence-electron chi connectivity index (χ4n) is 3.04. The molecule has 3 nitrogen and oxygen atoms in total. The molecular formula is C12H21N3. The van der Waals surface area contributed by atoms with Crippen molar-refractivity contribution in [3.63, 3.8) is 0 Å². The zero-order valence-electron chi connectivity index (χ0n) is 9.88. The van der Waals surface area contributed by atoms with Gasteiger partial charge in [0, 0.05) is 12.4 Å². The predicted octanol–water partition coefficient (Wildman–Crippen LogP) is 2.41. The van der Waals surface area contributed by atoms with Gasteiger partial charge in [0.2, 0.25) is 0 Å². The third kappa shape index (κ3) is 1.69. The van der Waals surface area contributed by atoms with Crippen molar-refractivity contribution in [1.29, 1.82) is 0 Å². The summed E-state index contributed by atoms with van der Waals surface area (Å²) in [5.41, 5.74) is 6.56. The monoisotopic (exact) mass is 207 g/mol. The smallest absolute Gasteiger partial charge is 0.126 e. The molecule has 2 unspecified atom stereocenters. The van der Waals surface area contributed by atoms with Gasteiger partial charge in [-0.3, -0.25) is 0 Å². The zero-order chi connectivity index (χ0) is 11.1. The molecule has 1 aliphatic carbocycles. The first kappa shape index (κ1) is 10.7. The van der Waals surface area contributed by atoms with E-state index in [-0.39, 0.29) is 11.0 Å². The van der Waals surface area contributed by atoms with Crippen molar-refractivity contribution < 1.29 is 0 Å². The van der Waals surface area contributed by atoms with Gasteiger partial charge in [0.25, 0.3) is 0 Å². The summed E-state index contributed by atoms with van der Waals surface area (Å²) in [7, 11) is 0. The van der Waals surface area contributed by atoms with Crippen molar-refractivity contribution >= 4 is 0 Å². The lowest BCUT2D eigenvalue weighted by molar-refractivity contribution is 0.150. The van der Waals surface area contributed by atoms with Crippen molar-refractivity contribution in [3.8, 4) is 0 Å². The van der Waals surface area contributed by atoms with Crippen LogP contribution in [-0.2, 0) is 5.54 Å². The van der Waals surface area contributed by atoms with E-state index < -0.39 is 0 Å². The standard InChI is InChI=1S/C12H21N3/c1-11(2,3)9-5-4-6-12(9,13)10-14-7-8-15-10/h7-9H,4-6,13H2,1-3H3,(H,14,15). The highest BCUT2D eigenvalue weighted by Gasteiger charge is 2.47. The molecule has 2 atom stereocenters. The number of aromatic amines is 1. The first-order valence-corrected chi connectivity index (χ1v) is 5.73. The highest BCUT2D eigenvalue weighted by Crippen LogP contribution is 2.48. The summed E-state index contributed by atoms with van der Waals surface area (Å²) in [6.45, 7) is 6.81. The maximum Gasteiger partial charge on any atom is 0.126 e. The fraction of sp³-hybridized carbons (Fsp3) is 0.750. The second-order valence-corrected chi connectivity index (χ2v) is 5.79. The quantitative estimate of drug-likeness (QED) is 0.743. The van der Waals surface area contributed by atoms with E-state index in [9.17, 15) is 0 Å². The molecule has 1 heterocycles. The number of imidazole rings is 1. The van der Waals surface area contributed by atoms with Gasteiger partial charge in [0.15, 0.2) is 0 Å². The van der Waals surface area contributed by atoms with Crippen LogP contribution >= 0.6 is 0 Å². The van der Waals surface area contributed by atoms with Crippen molar-refractivity contribution in [2.45, 2.75) is 45.6 Å². The molecule has 3 N–H and O–H groups in total. The fourth-order valence-corrected chi connectivity index (χ4v) is 3.04. The predicted molar refractivity (Wildman–Crippen MR) is 61.2 cm³/mol. The molecule has 1 fully saturated rings. The molecule has 0 bridgehead atoms. The van der Waals surface area contributed by atoms with Crippen molar-refractivity contribution in [2.24, 2.45) is 17.1 Å². The lowest BCUT2D eigenvalue weighted by Crippen LogP contribution is -2.46. The zero-order valence-corrected chi connectivity index (χ0v) is 9.88. The second-order valence-electron chi connectivity index (χ2n) is 5.79. The van der Waals surface area contributed by atoms with Gasteiger partial charge in [-0.2, -0.15) is 0 Å². The molecule has 1 saturated carbocycles. The molecule has 0 amide bonds. The molecular weight excluding hydrogens is 186 g/mol. The van der Waals surface area contributed by atoms with E-state index in [1.165, 1.54) is 12.8 Å². The van der Waals surface area contributed by atoms with Crippen molar-refractivity contribution in [3.05, 3.63) is 18.2 Å². The summed E-state index contributed by atoms with van der Waals surface area (Å²) in [6, 6.07) is 0. The van der Waals surface area contributed by atoms with E-state index in [1.807, 2.05) is 6.20 Å². The van der Waals surface area contributed by atoms with E-state index >= 15 is 0 Å². The SMILES string of the molecule is CC(C)(C)C1CCCC1(N)c1ncc[nH]1. The molecule has 0 spiro atoms. The molecule has 0 saturated heterocycles. The maximum absolute atomic E-state index is 6.56. The molecule has 2 rings (SSSR count). The number of H-pyrrole nitrogens is 1. The summed E-state index contributed by atoms with van der Waals surface area (Å²) in [5.74, 6) is 1.47. The van der Waals surface area contributed by atoms with Crippen LogP contribution in [0.15, 0.2) is 12.4 Å². The molecule has 0 aromatic carbocycles. The summed E-state index contributed by atoms with van der Waals surface area (Å²) in [5, 5.41) is 0. The van der Waals surface area contributed by atoms with Crippen LogP contribution in [0.2, 0.25) is 0 Å². The van der Waals surface area contributed by atoms with E-state index in [0.29, 0.717) is 5.92 Å². The number of nitrogens with zero attached hydrogens (tertiary/aromatic N) is 1. The van der Waals surface area contributed by atoms with E-state index in [0.717, 1.165) is 12.2 Å². The summed E-state index contributed by atoms with van der Waals surface area (Å²) < 4.78 is 0. The number of hydrogen-bond donors (Lipinski definition) is 2. The first-order valence-electron chi connectivity index (χ1n) is 5.73. The summed E-state index contributed by atoms with van der Waals surface area (Å²) in [6.07, 6.45) is 7.12. The molecule has 0 radical (unpaired) electrons. The van der Waals surface area contributed by atoms with Gasteiger partial charge in [-0.15, -0.1) is 0 Å². The van der Waals surface area contributed by atoms with Crippen LogP contribution < -0.4 is 5.73 Å². The lowest BCUT2D eigenvalue weighted by atomic mass is 9.71. The average molecular weight is 207 g/mol. The minimum atomic E-state index is -0.248. The normalized spacial score (nSPS) is 32.1. The maximum atomic E-state index is 6.56. The molecule has 3 heteroatoms. The number of hydrogen-bond acceptors (Lipinski definition) is 2. The molecule has 0 aliphatic heterocycles. The Hall–Kier alpha value is -0.830. The Kier molecular flexibility index (Phi) is 2.38. The van der Waals surface area contributed by atoms with Crippen LogP contribution in [0.5, 0.6) is 0 Å². The van der Waals surface area contributed by atoms with E-state index in [1.54, 1.807) is 6.20 Å². The molecule has 1 aromatic heterocycles. The Bertz CT molecular complexity index is 323. The third-order valence-corrected chi connectivity index (χ3v) is 3.69. The second kappa shape index (κ2) is 3.34. The molecule has 1 aromatic rings. The van der Waals surface area contributed by atoms with Crippen LogP contribution in [-0.4, -0.2) is 9.97 Å². The topological polar surface area (TPSA) is 54.7 Å². The third-order valence-electron chi connectivity index (χ3n) is 3.69. The van der Waals surface area contributed by atoms with Gasteiger partial charge < -0.3 is 10.7 Å². The van der Waals surface area contributed by atoms with Crippen molar-refractivity contribution in [2.75, 3.05) is 0 Å². The van der Waals surface area contributed by atoms with Crippen LogP contribution in [0.1, 0.15) is 45.9 Å². The Morgan fingerprint density at radius 2 is 2.27 bits per heavy atom. The van der Waals surface area contributed by atoms with Crippen LogP contribution in [0.3, 0.4) is 0 Å².